The lowest BCUT2D eigenvalue weighted by Crippen LogP contribution is -2.48. The second kappa shape index (κ2) is 8.77. The van der Waals surface area contributed by atoms with Crippen molar-refractivity contribution < 1.29 is 23.9 Å². The van der Waals surface area contributed by atoms with Crippen LogP contribution in [-0.4, -0.2) is 60.2 Å². The van der Waals surface area contributed by atoms with Crippen LogP contribution >= 0.6 is 0 Å². The number of ether oxygens (including phenoxy) is 2. The van der Waals surface area contributed by atoms with Gasteiger partial charge in [-0.25, -0.2) is 9.59 Å². The third-order valence-electron chi connectivity index (χ3n) is 4.21. The average Bonchev–Trinajstić information content (AvgIpc) is 3.04. The normalized spacial score (nSPS) is 12.3. The molecular weight excluding hydrogens is 362 g/mol. The number of fused-ring (bicyclic) bond motifs is 1. The zero-order valence-corrected chi connectivity index (χ0v) is 16.9. The van der Waals surface area contributed by atoms with Gasteiger partial charge in [0.15, 0.2) is 0 Å². The molecule has 8 heteroatoms. The molecule has 0 spiro atoms. The van der Waals surface area contributed by atoms with Crippen molar-refractivity contribution >= 4 is 28.9 Å². The van der Waals surface area contributed by atoms with Crippen molar-refractivity contribution in [2.24, 2.45) is 0 Å². The number of nitrogens with zero attached hydrogens (tertiary/aromatic N) is 1. The minimum Gasteiger partial charge on any atom is -0.467 e. The highest BCUT2D eigenvalue weighted by atomic mass is 16.6. The Labute approximate surface area is 164 Å². The van der Waals surface area contributed by atoms with Crippen molar-refractivity contribution in [1.82, 2.24) is 15.2 Å². The minimum atomic E-state index is -0.822. The predicted octanol–water partition coefficient (Wildman–Crippen LogP) is 2.24. The molecule has 8 nitrogen and oxygen atoms in total. The summed E-state index contributed by atoms with van der Waals surface area (Å²) in [7, 11) is 2.79. The lowest BCUT2D eigenvalue weighted by atomic mass is 10.0. The standard InChI is InChI=1S/C20H27N3O5/c1-20(2,3)28-19(26)22-12-17(24)23(4)16(18(25)27-5)10-13-11-21-15-9-7-6-8-14(13)15/h6-9,11,16,21H,10,12H2,1-5H3,(H,22,26). The van der Waals surface area contributed by atoms with Gasteiger partial charge in [0.25, 0.3) is 0 Å². The molecule has 1 heterocycles. The van der Waals surface area contributed by atoms with E-state index in [0.717, 1.165) is 16.5 Å². The van der Waals surface area contributed by atoms with E-state index in [1.807, 2.05) is 30.5 Å². The maximum Gasteiger partial charge on any atom is 0.408 e. The molecule has 2 amide bonds. The van der Waals surface area contributed by atoms with Gasteiger partial charge in [-0.1, -0.05) is 18.2 Å². The van der Waals surface area contributed by atoms with E-state index in [1.165, 1.54) is 19.1 Å². The monoisotopic (exact) mass is 389 g/mol. The van der Waals surface area contributed by atoms with E-state index in [2.05, 4.69) is 10.3 Å². The van der Waals surface area contributed by atoms with Crippen LogP contribution in [0.2, 0.25) is 0 Å². The summed E-state index contributed by atoms with van der Waals surface area (Å²) in [6.45, 7) is 4.91. The Morgan fingerprint density at radius 3 is 2.54 bits per heavy atom. The zero-order valence-electron chi connectivity index (χ0n) is 16.9. The van der Waals surface area contributed by atoms with Crippen LogP contribution in [0, 0.1) is 0 Å². The molecule has 152 valence electrons. The zero-order chi connectivity index (χ0) is 20.9. The predicted molar refractivity (Wildman–Crippen MR) is 105 cm³/mol. The Bertz CT molecular complexity index is 853. The minimum absolute atomic E-state index is 0.283. The fourth-order valence-electron chi connectivity index (χ4n) is 2.78. The summed E-state index contributed by atoms with van der Waals surface area (Å²) in [5.74, 6) is -0.959. The van der Waals surface area contributed by atoms with Crippen LogP contribution < -0.4 is 5.32 Å². The molecule has 2 N–H and O–H groups in total. The van der Waals surface area contributed by atoms with Crippen LogP contribution in [-0.2, 0) is 25.5 Å². The number of nitrogens with one attached hydrogen (secondary N) is 2. The molecule has 0 aliphatic heterocycles. The molecule has 0 aliphatic rings. The van der Waals surface area contributed by atoms with Crippen molar-refractivity contribution in [2.75, 3.05) is 20.7 Å². The number of esters is 1. The van der Waals surface area contributed by atoms with Crippen molar-refractivity contribution in [3.8, 4) is 0 Å². The Kier molecular flexibility index (Phi) is 6.66. The highest BCUT2D eigenvalue weighted by Gasteiger charge is 2.29. The van der Waals surface area contributed by atoms with Gasteiger partial charge in [0.1, 0.15) is 18.2 Å². The van der Waals surface area contributed by atoms with Gasteiger partial charge in [0.05, 0.1) is 7.11 Å². The third-order valence-corrected chi connectivity index (χ3v) is 4.21. The van der Waals surface area contributed by atoms with Crippen LogP contribution in [0.4, 0.5) is 4.79 Å². The number of H-pyrrole nitrogens is 1. The number of hydrogen-bond acceptors (Lipinski definition) is 5. The number of likely N-dealkylation sites (N-methyl/N-ethyl adjacent to an activating group) is 1. The van der Waals surface area contributed by atoms with Gasteiger partial charge in [0.2, 0.25) is 5.91 Å². The number of amides is 2. The molecular formula is C20H27N3O5. The SMILES string of the molecule is COC(=O)C(Cc1c[nH]c2ccccc12)N(C)C(=O)CNC(=O)OC(C)(C)C. The van der Waals surface area contributed by atoms with E-state index < -0.39 is 29.6 Å². The Balaban J connectivity index is 2.08. The van der Waals surface area contributed by atoms with E-state index in [4.69, 9.17) is 9.47 Å². The highest BCUT2D eigenvalue weighted by Crippen LogP contribution is 2.20. The number of rotatable bonds is 6. The summed E-state index contributed by atoms with van der Waals surface area (Å²) in [5, 5.41) is 3.39. The smallest absolute Gasteiger partial charge is 0.408 e. The molecule has 0 aliphatic carbocycles. The van der Waals surface area contributed by atoms with Crippen LogP contribution in [0.5, 0.6) is 0 Å². The molecule has 2 rings (SSSR count). The third kappa shape index (κ3) is 5.48. The number of carbonyl (C=O) groups is 3. The summed E-state index contributed by atoms with van der Waals surface area (Å²) >= 11 is 0. The molecule has 1 unspecified atom stereocenters. The van der Waals surface area contributed by atoms with Crippen molar-refractivity contribution in [3.05, 3.63) is 36.0 Å². The van der Waals surface area contributed by atoms with Gasteiger partial charge in [-0.3, -0.25) is 4.79 Å². The summed E-state index contributed by atoms with van der Waals surface area (Å²) in [4.78, 5) is 41.0. The molecule has 0 saturated heterocycles. The second-order valence-corrected chi connectivity index (χ2v) is 7.46. The number of methoxy groups -OCH3 is 1. The second-order valence-electron chi connectivity index (χ2n) is 7.46. The topological polar surface area (TPSA) is 101 Å². The molecule has 1 atom stereocenters. The number of alkyl carbamates (subject to hydrolysis) is 1. The lowest BCUT2D eigenvalue weighted by Gasteiger charge is -2.26. The molecule has 0 bridgehead atoms. The summed E-state index contributed by atoms with van der Waals surface area (Å²) < 4.78 is 9.99. The Hall–Kier alpha value is -3.03. The Morgan fingerprint density at radius 1 is 1.21 bits per heavy atom. The molecule has 1 aromatic heterocycles. The van der Waals surface area contributed by atoms with Gasteiger partial charge in [-0.2, -0.15) is 0 Å². The first kappa shape index (κ1) is 21.3. The Morgan fingerprint density at radius 2 is 1.89 bits per heavy atom. The maximum atomic E-state index is 12.5. The number of benzene rings is 1. The van der Waals surface area contributed by atoms with Gasteiger partial charge in [0, 0.05) is 30.6 Å². The quantitative estimate of drug-likeness (QED) is 0.738. The van der Waals surface area contributed by atoms with Gasteiger partial charge < -0.3 is 24.7 Å². The first-order valence-corrected chi connectivity index (χ1v) is 8.97. The van der Waals surface area contributed by atoms with E-state index in [9.17, 15) is 14.4 Å². The summed E-state index contributed by atoms with van der Waals surface area (Å²) in [6.07, 6.45) is 1.41. The molecule has 1 aromatic carbocycles. The molecule has 2 aromatic rings. The number of aromatic nitrogens is 1. The first-order valence-electron chi connectivity index (χ1n) is 8.97. The van der Waals surface area contributed by atoms with Crippen molar-refractivity contribution in [2.45, 2.75) is 38.8 Å². The van der Waals surface area contributed by atoms with Crippen molar-refractivity contribution in [3.63, 3.8) is 0 Å². The summed E-state index contributed by atoms with van der Waals surface area (Å²) in [6, 6.07) is 6.88. The number of para-hydroxylation sites is 1. The molecule has 28 heavy (non-hydrogen) atoms. The van der Waals surface area contributed by atoms with Crippen LogP contribution in [0.1, 0.15) is 26.3 Å². The number of carbonyl (C=O) groups excluding carboxylic acids is 3. The van der Waals surface area contributed by atoms with Crippen LogP contribution in [0.3, 0.4) is 0 Å². The average molecular weight is 389 g/mol. The van der Waals surface area contributed by atoms with E-state index in [0.29, 0.717) is 0 Å². The number of aromatic amines is 1. The van der Waals surface area contributed by atoms with E-state index in [-0.39, 0.29) is 13.0 Å². The van der Waals surface area contributed by atoms with Crippen LogP contribution in [0.15, 0.2) is 30.5 Å². The molecule has 0 radical (unpaired) electrons. The maximum absolute atomic E-state index is 12.5. The van der Waals surface area contributed by atoms with Gasteiger partial charge >= 0.3 is 12.1 Å². The fraction of sp³-hybridized carbons (Fsp3) is 0.450. The summed E-state index contributed by atoms with van der Waals surface area (Å²) in [5.41, 5.74) is 1.18. The lowest BCUT2D eigenvalue weighted by molar-refractivity contribution is -0.151. The molecule has 0 fully saturated rings. The first-order chi connectivity index (χ1) is 13.1. The highest BCUT2D eigenvalue weighted by molar-refractivity contribution is 5.88. The largest absolute Gasteiger partial charge is 0.467 e. The van der Waals surface area contributed by atoms with Crippen LogP contribution in [0.25, 0.3) is 10.9 Å². The van der Waals surface area contributed by atoms with E-state index >= 15 is 0 Å². The van der Waals surface area contributed by atoms with Crippen molar-refractivity contribution in [1.29, 1.82) is 0 Å². The molecule has 0 saturated carbocycles. The van der Waals surface area contributed by atoms with E-state index in [1.54, 1.807) is 20.8 Å². The fourth-order valence-corrected chi connectivity index (χ4v) is 2.78. The number of hydrogen-bond donors (Lipinski definition) is 2. The van der Waals surface area contributed by atoms with Gasteiger partial charge in [-0.05, 0) is 32.4 Å². The van der Waals surface area contributed by atoms with Gasteiger partial charge in [-0.15, -0.1) is 0 Å².